The quantitative estimate of drug-likeness (QED) is 0.850. The fraction of sp³-hybridized carbons (Fsp3) is 0.222. The monoisotopic (exact) mass is 274 g/mol. The lowest BCUT2D eigenvalue weighted by molar-refractivity contribution is -0.147. The highest BCUT2D eigenvalue weighted by molar-refractivity contribution is 9.10. The highest BCUT2D eigenvalue weighted by Crippen LogP contribution is 2.42. The van der Waals surface area contributed by atoms with Gasteiger partial charge in [0.25, 0.3) is 0 Å². The summed E-state index contributed by atoms with van der Waals surface area (Å²) >= 11 is 3.16. The van der Waals surface area contributed by atoms with Crippen LogP contribution in [-0.2, 0) is 4.79 Å². The molecule has 1 heterocycles. The molecule has 80 valence electrons. The van der Waals surface area contributed by atoms with Crippen molar-refractivity contribution in [3.8, 4) is 11.5 Å². The van der Waals surface area contributed by atoms with Crippen LogP contribution in [0.1, 0.15) is 11.7 Å². The Labute approximate surface area is 93.4 Å². The maximum Gasteiger partial charge on any atom is 0.337 e. The van der Waals surface area contributed by atoms with Crippen molar-refractivity contribution >= 4 is 21.9 Å². The predicted molar refractivity (Wildman–Crippen MR) is 52.9 cm³/mol. The number of rotatable bonds is 2. The Morgan fingerprint density at radius 2 is 2.20 bits per heavy atom. The Balaban J connectivity index is 2.54. The van der Waals surface area contributed by atoms with Crippen molar-refractivity contribution in [2.45, 2.75) is 6.10 Å². The maximum absolute atomic E-state index is 10.7. The second-order valence-corrected chi connectivity index (χ2v) is 3.79. The first-order valence-corrected chi connectivity index (χ1v) is 4.89. The van der Waals surface area contributed by atoms with Gasteiger partial charge in [-0.25, -0.2) is 4.79 Å². The van der Waals surface area contributed by atoms with Gasteiger partial charge in [-0.2, -0.15) is 0 Å². The number of carboxylic acid groups (broad SMARTS) is 1. The SMILES string of the molecule is O=C(O)C(O)c1c(Br)ccc2c1OCO2. The average Bonchev–Trinajstić information content (AvgIpc) is 2.64. The molecule has 0 saturated heterocycles. The minimum absolute atomic E-state index is 0.0329. The zero-order chi connectivity index (χ0) is 11.0. The fourth-order valence-electron chi connectivity index (χ4n) is 1.35. The van der Waals surface area contributed by atoms with E-state index in [2.05, 4.69) is 15.9 Å². The van der Waals surface area contributed by atoms with Crippen LogP contribution in [0.2, 0.25) is 0 Å². The summed E-state index contributed by atoms with van der Waals surface area (Å²) in [6.45, 7) is 0.0329. The van der Waals surface area contributed by atoms with Gasteiger partial charge in [0.05, 0.1) is 5.56 Å². The second-order valence-electron chi connectivity index (χ2n) is 2.94. The molecule has 6 heteroatoms. The number of aliphatic carboxylic acids is 1. The molecule has 2 N–H and O–H groups in total. The summed E-state index contributed by atoms with van der Waals surface area (Å²) in [5.74, 6) is -0.618. The smallest absolute Gasteiger partial charge is 0.337 e. The van der Waals surface area contributed by atoms with Crippen LogP contribution >= 0.6 is 15.9 Å². The Morgan fingerprint density at radius 3 is 2.87 bits per heavy atom. The van der Waals surface area contributed by atoms with Gasteiger partial charge in [-0.05, 0) is 12.1 Å². The molecule has 1 aromatic carbocycles. The van der Waals surface area contributed by atoms with E-state index in [1.165, 1.54) is 0 Å². The van der Waals surface area contributed by atoms with Crippen LogP contribution in [0, 0.1) is 0 Å². The van der Waals surface area contributed by atoms with Crippen molar-refractivity contribution in [2.75, 3.05) is 6.79 Å². The number of aliphatic hydroxyl groups excluding tert-OH is 1. The molecule has 1 unspecified atom stereocenters. The number of benzene rings is 1. The minimum Gasteiger partial charge on any atom is -0.479 e. The molecular weight excluding hydrogens is 268 g/mol. The number of fused-ring (bicyclic) bond motifs is 1. The minimum atomic E-state index is -1.63. The van der Waals surface area contributed by atoms with Crippen LogP contribution in [0.15, 0.2) is 16.6 Å². The summed E-state index contributed by atoms with van der Waals surface area (Å²) in [6, 6.07) is 3.25. The molecular formula is C9H7BrO5. The molecule has 15 heavy (non-hydrogen) atoms. The van der Waals surface area contributed by atoms with E-state index >= 15 is 0 Å². The van der Waals surface area contributed by atoms with Gasteiger partial charge in [0.15, 0.2) is 17.6 Å². The summed E-state index contributed by atoms with van der Waals surface area (Å²) in [5.41, 5.74) is 0.178. The molecule has 5 nitrogen and oxygen atoms in total. The molecule has 0 saturated carbocycles. The number of aliphatic hydroxyl groups is 1. The molecule has 2 rings (SSSR count). The Kier molecular flexibility index (Phi) is 2.54. The number of carboxylic acids is 1. The summed E-state index contributed by atoms with van der Waals surface area (Å²) in [5, 5.41) is 18.2. The highest BCUT2D eigenvalue weighted by atomic mass is 79.9. The van der Waals surface area contributed by atoms with E-state index in [1.807, 2.05) is 0 Å². The lowest BCUT2D eigenvalue weighted by Crippen LogP contribution is -2.12. The molecule has 0 amide bonds. The van der Waals surface area contributed by atoms with Crippen LogP contribution in [-0.4, -0.2) is 23.0 Å². The third-order valence-electron chi connectivity index (χ3n) is 2.03. The van der Waals surface area contributed by atoms with Gasteiger partial charge in [-0.15, -0.1) is 0 Å². The van der Waals surface area contributed by atoms with Crippen LogP contribution in [0.3, 0.4) is 0 Å². The topological polar surface area (TPSA) is 76.0 Å². The van der Waals surface area contributed by atoms with Crippen molar-refractivity contribution in [1.82, 2.24) is 0 Å². The van der Waals surface area contributed by atoms with E-state index in [0.717, 1.165) is 0 Å². The molecule has 0 aliphatic carbocycles. The van der Waals surface area contributed by atoms with E-state index < -0.39 is 12.1 Å². The van der Waals surface area contributed by atoms with Gasteiger partial charge in [0, 0.05) is 4.47 Å². The summed E-state index contributed by atoms with van der Waals surface area (Å²) in [7, 11) is 0. The van der Waals surface area contributed by atoms with Gasteiger partial charge in [0.2, 0.25) is 6.79 Å². The Hall–Kier alpha value is -1.27. The molecule has 0 aromatic heterocycles. The van der Waals surface area contributed by atoms with Crippen LogP contribution < -0.4 is 9.47 Å². The molecule has 0 radical (unpaired) electrons. The zero-order valence-corrected chi connectivity index (χ0v) is 9.02. The Bertz CT molecular complexity index is 417. The number of carbonyl (C=O) groups is 1. The number of hydrogen-bond acceptors (Lipinski definition) is 4. The van der Waals surface area contributed by atoms with E-state index in [4.69, 9.17) is 14.6 Å². The van der Waals surface area contributed by atoms with Gasteiger partial charge >= 0.3 is 5.97 Å². The van der Waals surface area contributed by atoms with Gasteiger partial charge in [-0.3, -0.25) is 0 Å². The third-order valence-corrected chi connectivity index (χ3v) is 2.72. The van der Waals surface area contributed by atoms with Crippen molar-refractivity contribution < 1.29 is 24.5 Å². The van der Waals surface area contributed by atoms with Crippen LogP contribution in [0.5, 0.6) is 11.5 Å². The van der Waals surface area contributed by atoms with Crippen molar-refractivity contribution in [2.24, 2.45) is 0 Å². The van der Waals surface area contributed by atoms with Crippen LogP contribution in [0.25, 0.3) is 0 Å². The lowest BCUT2D eigenvalue weighted by atomic mass is 10.1. The van der Waals surface area contributed by atoms with E-state index in [-0.39, 0.29) is 18.1 Å². The standard InChI is InChI=1S/C9H7BrO5/c10-4-1-2-5-8(15-3-14-5)6(4)7(11)9(12)13/h1-2,7,11H,3H2,(H,12,13). The van der Waals surface area contributed by atoms with Gasteiger partial charge in [-0.1, -0.05) is 15.9 Å². The summed E-state index contributed by atoms with van der Waals surface area (Å²) in [6.07, 6.45) is -1.63. The first-order valence-electron chi connectivity index (χ1n) is 4.10. The van der Waals surface area contributed by atoms with Crippen molar-refractivity contribution in [3.05, 3.63) is 22.2 Å². The molecule has 1 aliphatic rings. The molecule has 1 aromatic rings. The van der Waals surface area contributed by atoms with Crippen LogP contribution in [0.4, 0.5) is 0 Å². The molecule has 1 aliphatic heterocycles. The third kappa shape index (κ3) is 1.66. The zero-order valence-electron chi connectivity index (χ0n) is 7.44. The average molecular weight is 275 g/mol. The highest BCUT2D eigenvalue weighted by Gasteiger charge is 2.28. The van der Waals surface area contributed by atoms with E-state index in [0.29, 0.717) is 10.2 Å². The lowest BCUT2D eigenvalue weighted by Gasteiger charge is -2.11. The van der Waals surface area contributed by atoms with E-state index in [1.54, 1.807) is 12.1 Å². The van der Waals surface area contributed by atoms with Crippen molar-refractivity contribution in [1.29, 1.82) is 0 Å². The van der Waals surface area contributed by atoms with Gasteiger partial charge < -0.3 is 19.7 Å². The number of hydrogen-bond donors (Lipinski definition) is 2. The second kappa shape index (κ2) is 3.71. The summed E-state index contributed by atoms with van der Waals surface area (Å²) in [4.78, 5) is 10.7. The molecule has 0 bridgehead atoms. The van der Waals surface area contributed by atoms with Gasteiger partial charge in [0.1, 0.15) is 0 Å². The molecule has 0 spiro atoms. The predicted octanol–water partition coefficient (Wildman–Crippen LogP) is 1.30. The Morgan fingerprint density at radius 1 is 1.47 bits per heavy atom. The largest absolute Gasteiger partial charge is 0.479 e. The maximum atomic E-state index is 10.7. The van der Waals surface area contributed by atoms with Crippen molar-refractivity contribution in [3.63, 3.8) is 0 Å². The first kappa shape index (κ1) is 10.3. The summed E-state index contributed by atoms with van der Waals surface area (Å²) < 4.78 is 10.7. The fourth-order valence-corrected chi connectivity index (χ4v) is 1.88. The molecule has 1 atom stereocenters. The number of ether oxygens (including phenoxy) is 2. The van der Waals surface area contributed by atoms with E-state index in [9.17, 15) is 9.90 Å². The number of halogens is 1. The first-order chi connectivity index (χ1) is 7.11. The normalized spacial score (nSPS) is 15.1. The molecule has 0 fully saturated rings.